The molecule has 3 aromatic rings. The molecule has 2 N–H and O–H groups in total. The highest BCUT2D eigenvalue weighted by Crippen LogP contribution is 2.37. The standard InChI is InChI=1S/C16H18FN7O/c1-10-20-22-23-24(10)13(9-11-3-5-12(17)6-4-11)14-19-15(21-25-14)16(18)7-2-8-16/h3-6,13H,2,7-9,18H2,1H3. The molecule has 9 heteroatoms. The van der Waals surface area contributed by atoms with Crippen molar-refractivity contribution >= 4 is 0 Å². The minimum atomic E-state index is -0.502. The van der Waals surface area contributed by atoms with Crippen LogP contribution in [-0.2, 0) is 12.0 Å². The molecule has 0 radical (unpaired) electrons. The van der Waals surface area contributed by atoms with Gasteiger partial charge in [-0.2, -0.15) is 4.98 Å². The van der Waals surface area contributed by atoms with E-state index in [2.05, 4.69) is 25.7 Å². The van der Waals surface area contributed by atoms with Gasteiger partial charge in [-0.25, -0.2) is 9.07 Å². The van der Waals surface area contributed by atoms with E-state index in [1.165, 1.54) is 12.1 Å². The highest BCUT2D eigenvalue weighted by Gasteiger charge is 2.40. The third-order valence-corrected chi connectivity index (χ3v) is 4.71. The van der Waals surface area contributed by atoms with Crippen molar-refractivity contribution in [2.24, 2.45) is 5.73 Å². The Morgan fingerprint density at radius 1 is 1.32 bits per heavy atom. The van der Waals surface area contributed by atoms with Crippen molar-refractivity contribution in [3.63, 3.8) is 0 Å². The third-order valence-electron chi connectivity index (χ3n) is 4.71. The number of rotatable bonds is 5. The molecule has 1 fully saturated rings. The van der Waals surface area contributed by atoms with Crippen LogP contribution in [0.4, 0.5) is 4.39 Å². The Balaban J connectivity index is 1.68. The molecule has 0 aliphatic heterocycles. The molecule has 0 spiro atoms. The van der Waals surface area contributed by atoms with Gasteiger partial charge in [0.15, 0.2) is 5.82 Å². The summed E-state index contributed by atoms with van der Waals surface area (Å²) in [5, 5.41) is 15.7. The average Bonchev–Trinajstić information content (AvgIpc) is 3.22. The number of halogens is 1. The van der Waals surface area contributed by atoms with Gasteiger partial charge < -0.3 is 10.3 Å². The normalized spacial score (nSPS) is 17.2. The van der Waals surface area contributed by atoms with Crippen LogP contribution in [0.1, 0.15) is 48.4 Å². The monoisotopic (exact) mass is 343 g/mol. The lowest BCUT2D eigenvalue weighted by Crippen LogP contribution is -2.44. The number of tetrazole rings is 1. The Morgan fingerprint density at radius 2 is 2.08 bits per heavy atom. The highest BCUT2D eigenvalue weighted by atomic mass is 19.1. The highest BCUT2D eigenvalue weighted by molar-refractivity contribution is 5.19. The minimum absolute atomic E-state index is 0.283. The zero-order valence-corrected chi connectivity index (χ0v) is 13.8. The van der Waals surface area contributed by atoms with E-state index in [1.54, 1.807) is 23.7 Å². The lowest BCUT2D eigenvalue weighted by Gasteiger charge is -2.34. The summed E-state index contributed by atoms with van der Waals surface area (Å²) >= 11 is 0. The van der Waals surface area contributed by atoms with E-state index in [0.29, 0.717) is 24.0 Å². The van der Waals surface area contributed by atoms with Gasteiger partial charge in [-0.15, -0.1) is 5.10 Å². The van der Waals surface area contributed by atoms with E-state index in [9.17, 15) is 4.39 Å². The molecule has 1 aliphatic rings. The molecule has 1 unspecified atom stereocenters. The van der Waals surface area contributed by atoms with Crippen LogP contribution in [-0.4, -0.2) is 30.3 Å². The van der Waals surface area contributed by atoms with Crippen LogP contribution >= 0.6 is 0 Å². The second-order valence-corrected chi connectivity index (χ2v) is 6.48. The van der Waals surface area contributed by atoms with Crippen molar-refractivity contribution in [1.82, 2.24) is 30.3 Å². The summed E-state index contributed by atoms with van der Waals surface area (Å²) in [5.41, 5.74) is 6.69. The molecule has 130 valence electrons. The quantitative estimate of drug-likeness (QED) is 0.750. The van der Waals surface area contributed by atoms with E-state index >= 15 is 0 Å². The molecular weight excluding hydrogens is 325 g/mol. The van der Waals surface area contributed by atoms with Crippen LogP contribution in [0.15, 0.2) is 28.8 Å². The number of benzene rings is 1. The fourth-order valence-electron chi connectivity index (χ4n) is 3.00. The summed E-state index contributed by atoms with van der Waals surface area (Å²) in [5.74, 6) is 1.25. The number of nitrogens with two attached hydrogens (primary N) is 1. The molecule has 0 amide bonds. The van der Waals surface area contributed by atoms with E-state index in [0.717, 1.165) is 24.8 Å². The van der Waals surface area contributed by atoms with Gasteiger partial charge in [0, 0.05) is 6.42 Å². The van der Waals surface area contributed by atoms with Gasteiger partial charge in [-0.1, -0.05) is 17.3 Å². The van der Waals surface area contributed by atoms with Crippen molar-refractivity contribution in [3.05, 3.63) is 53.2 Å². The molecule has 8 nitrogen and oxygen atoms in total. The van der Waals surface area contributed by atoms with Crippen molar-refractivity contribution < 1.29 is 8.91 Å². The van der Waals surface area contributed by atoms with E-state index in [4.69, 9.17) is 10.3 Å². The minimum Gasteiger partial charge on any atom is -0.337 e. The predicted octanol–water partition coefficient (Wildman–Crippen LogP) is 1.67. The van der Waals surface area contributed by atoms with Gasteiger partial charge in [-0.3, -0.25) is 0 Å². The summed E-state index contributed by atoms with van der Waals surface area (Å²) in [6.45, 7) is 1.80. The molecule has 1 atom stereocenters. The zero-order valence-electron chi connectivity index (χ0n) is 13.8. The van der Waals surface area contributed by atoms with Crippen LogP contribution in [0.5, 0.6) is 0 Å². The second-order valence-electron chi connectivity index (χ2n) is 6.48. The van der Waals surface area contributed by atoms with Gasteiger partial charge in [0.2, 0.25) is 0 Å². The maximum absolute atomic E-state index is 13.2. The molecule has 2 aromatic heterocycles. The Bertz CT molecular complexity index is 869. The van der Waals surface area contributed by atoms with Crippen LogP contribution in [0, 0.1) is 12.7 Å². The summed E-state index contributed by atoms with van der Waals surface area (Å²) in [4.78, 5) is 4.52. The SMILES string of the molecule is Cc1nnnn1C(Cc1ccc(F)cc1)c1nc(C2(N)CCC2)no1. The molecule has 2 heterocycles. The fourth-order valence-corrected chi connectivity index (χ4v) is 3.00. The van der Waals surface area contributed by atoms with E-state index < -0.39 is 5.54 Å². The Morgan fingerprint density at radius 3 is 2.68 bits per heavy atom. The average molecular weight is 343 g/mol. The number of hydrogen-bond acceptors (Lipinski definition) is 7. The molecule has 1 saturated carbocycles. The van der Waals surface area contributed by atoms with E-state index in [1.807, 2.05) is 0 Å². The molecule has 25 heavy (non-hydrogen) atoms. The van der Waals surface area contributed by atoms with Crippen LogP contribution < -0.4 is 5.73 Å². The number of aryl methyl sites for hydroxylation is 1. The fraction of sp³-hybridized carbons (Fsp3) is 0.438. The summed E-state index contributed by atoms with van der Waals surface area (Å²) < 4.78 is 20.3. The van der Waals surface area contributed by atoms with Gasteiger partial charge in [0.05, 0.1) is 5.54 Å². The van der Waals surface area contributed by atoms with Crippen LogP contribution in [0.2, 0.25) is 0 Å². The lowest BCUT2D eigenvalue weighted by molar-refractivity contribution is 0.228. The Kier molecular flexibility index (Phi) is 3.79. The van der Waals surface area contributed by atoms with Gasteiger partial charge >= 0.3 is 0 Å². The molecule has 0 saturated heterocycles. The largest absolute Gasteiger partial charge is 0.337 e. The zero-order chi connectivity index (χ0) is 17.4. The summed E-state index contributed by atoms with van der Waals surface area (Å²) in [6.07, 6.45) is 3.24. The topological polar surface area (TPSA) is 109 Å². The van der Waals surface area contributed by atoms with E-state index in [-0.39, 0.29) is 11.9 Å². The molecule has 0 bridgehead atoms. The Hall–Kier alpha value is -2.68. The summed E-state index contributed by atoms with van der Waals surface area (Å²) in [6, 6.07) is 5.89. The Labute approximate surface area is 143 Å². The van der Waals surface area contributed by atoms with Gasteiger partial charge in [-0.05, 0) is 54.3 Å². The van der Waals surface area contributed by atoms with Crippen LogP contribution in [0.25, 0.3) is 0 Å². The molecule has 4 rings (SSSR count). The molecule has 1 aliphatic carbocycles. The van der Waals surface area contributed by atoms with Crippen molar-refractivity contribution in [3.8, 4) is 0 Å². The number of hydrogen-bond donors (Lipinski definition) is 1. The number of aromatic nitrogens is 6. The van der Waals surface area contributed by atoms with Crippen LogP contribution in [0.3, 0.4) is 0 Å². The first-order valence-corrected chi connectivity index (χ1v) is 8.17. The van der Waals surface area contributed by atoms with Gasteiger partial charge in [0.25, 0.3) is 5.89 Å². The smallest absolute Gasteiger partial charge is 0.252 e. The predicted molar refractivity (Wildman–Crippen MR) is 84.8 cm³/mol. The van der Waals surface area contributed by atoms with Crippen molar-refractivity contribution in [2.45, 2.75) is 44.2 Å². The van der Waals surface area contributed by atoms with Crippen molar-refractivity contribution in [1.29, 1.82) is 0 Å². The molecular formula is C16H18FN7O. The summed E-state index contributed by atoms with van der Waals surface area (Å²) in [7, 11) is 0. The molecule has 1 aromatic carbocycles. The lowest BCUT2D eigenvalue weighted by atomic mass is 9.77. The van der Waals surface area contributed by atoms with Crippen molar-refractivity contribution in [2.75, 3.05) is 0 Å². The maximum Gasteiger partial charge on any atom is 0.252 e. The number of nitrogens with zero attached hydrogens (tertiary/aromatic N) is 6. The maximum atomic E-state index is 13.2. The first-order chi connectivity index (χ1) is 12.0. The van der Waals surface area contributed by atoms with Gasteiger partial charge in [0.1, 0.15) is 17.7 Å². The second kappa shape index (κ2) is 5.99. The third kappa shape index (κ3) is 2.91. The first kappa shape index (κ1) is 15.8. The first-order valence-electron chi connectivity index (χ1n) is 8.17.